The Labute approximate surface area is 162 Å². The van der Waals surface area contributed by atoms with Crippen LogP contribution in [0.3, 0.4) is 0 Å². The number of nitrogens with zero attached hydrogens (tertiary/aromatic N) is 4. The van der Waals surface area contributed by atoms with E-state index in [1.807, 2.05) is 24.4 Å². The predicted molar refractivity (Wildman–Crippen MR) is 105 cm³/mol. The molecule has 0 spiro atoms. The van der Waals surface area contributed by atoms with Gasteiger partial charge in [-0.15, -0.1) is 0 Å². The lowest BCUT2D eigenvalue weighted by molar-refractivity contribution is -0.119. The van der Waals surface area contributed by atoms with E-state index in [0.29, 0.717) is 11.5 Å². The largest absolute Gasteiger partial charge is 0.321 e. The number of aromatic nitrogens is 4. The van der Waals surface area contributed by atoms with E-state index < -0.39 is 0 Å². The maximum absolute atomic E-state index is 12.5. The van der Waals surface area contributed by atoms with Crippen LogP contribution in [0.2, 0.25) is 0 Å². The molecular formula is C20H22N6O2. The van der Waals surface area contributed by atoms with Crippen molar-refractivity contribution in [2.24, 2.45) is 13.0 Å². The van der Waals surface area contributed by atoms with Crippen LogP contribution in [0.15, 0.2) is 48.8 Å². The summed E-state index contributed by atoms with van der Waals surface area (Å²) >= 11 is 0. The van der Waals surface area contributed by atoms with Gasteiger partial charge in [-0.3, -0.25) is 14.3 Å². The van der Waals surface area contributed by atoms with Crippen molar-refractivity contribution in [3.63, 3.8) is 0 Å². The third-order valence-electron chi connectivity index (χ3n) is 4.98. The topological polar surface area (TPSA) is 93.8 Å². The van der Waals surface area contributed by atoms with E-state index in [1.165, 1.54) is 4.68 Å². The van der Waals surface area contributed by atoms with Crippen molar-refractivity contribution < 1.29 is 9.59 Å². The second-order valence-corrected chi connectivity index (χ2v) is 6.96. The number of nitrogens with one attached hydrogen (secondary N) is 2. The highest BCUT2D eigenvalue weighted by Gasteiger charge is 2.24. The Morgan fingerprint density at radius 2 is 1.86 bits per heavy atom. The third kappa shape index (κ3) is 3.80. The molecule has 0 radical (unpaired) electrons. The lowest BCUT2D eigenvalue weighted by atomic mass is 10.1. The number of rotatable bonds is 5. The normalized spacial score (nSPS) is 14.2. The highest BCUT2D eigenvalue weighted by molar-refractivity contribution is 6.04. The van der Waals surface area contributed by atoms with Gasteiger partial charge in [0.1, 0.15) is 5.82 Å². The van der Waals surface area contributed by atoms with Gasteiger partial charge in [0.15, 0.2) is 5.69 Å². The molecule has 0 unspecified atom stereocenters. The molecule has 2 heterocycles. The predicted octanol–water partition coefficient (Wildman–Crippen LogP) is 2.99. The maximum atomic E-state index is 12.5. The van der Waals surface area contributed by atoms with Gasteiger partial charge < -0.3 is 10.6 Å². The van der Waals surface area contributed by atoms with Gasteiger partial charge in [0.2, 0.25) is 5.91 Å². The summed E-state index contributed by atoms with van der Waals surface area (Å²) in [6, 6.07) is 10.8. The summed E-state index contributed by atoms with van der Waals surface area (Å²) in [5.74, 6) is 0.252. The van der Waals surface area contributed by atoms with Crippen molar-refractivity contribution in [2.75, 3.05) is 10.6 Å². The Morgan fingerprint density at radius 1 is 1.11 bits per heavy atom. The zero-order valence-corrected chi connectivity index (χ0v) is 15.6. The molecule has 1 aliphatic carbocycles. The molecule has 3 aromatic rings. The molecule has 1 aliphatic rings. The molecule has 8 nitrogen and oxygen atoms in total. The van der Waals surface area contributed by atoms with Crippen LogP contribution in [0.1, 0.15) is 36.2 Å². The molecule has 4 rings (SSSR count). The number of aryl methyl sites for hydroxylation is 1. The fraction of sp³-hybridized carbons (Fsp3) is 0.300. The van der Waals surface area contributed by atoms with E-state index in [9.17, 15) is 9.59 Å². The maximum Gasteiger partial charge on any atom is 0.276 e. The molecule has 8 heteroatoms. The Morgan fingerprint density at radius 3 is 2.54 bits per heavy atom. The second-order valence-electron chi connectivity index (χ2n) is 6.96. The summed E-state index contributed by atoms with van der Waals surface area (Å²) in [5.41, 5.74) is 1.81. The molecule has 1 aromatic carbocycles. The zero-order chi connectivity index (χ0) is 19.5. The van der Waals surface area contributed by atoms with Crippen LogP contribution in [0.25, 0.3) is 5.69 Å². The van der Waals surface area contributed by atoms with Crippen LogP contribution in [0.4, 0.5) is 11.5 Å². The molecule has 0 saturated heterocycles. The van der Waals surface area contributed by atoms with Crippen LogP contribution in [-0.4, -0.2) is 31.4 Å². The minimum absolute atomic E-state index is 0.00154. The molecule has 2 amide bonds. The quantitative estimate of drug-likeness (QED) is 0.714. The van der Waals surface area contributed by atoms with E-state index in [2.05, 4.69) is 20.8 Å². The van der Waals surface area contributed by atoms with Crippen molar-refractivity contribution >= 4 is 23.3 Å². The van der Waals surface area contributed by atoms with E-state index in [4.69, 9.17) is 0 Å². The Hall–Kier alpha value is -3.42. The number of hydrogen-bond donors (Lipinski definition) is 2. The first-order valence-corrected chi connectivity index (χ1v) is 9.36. The van der Waals surface area contributed by atoms with Crippen LogP contribution in [0, 0.1) is 5.92 Å². The summed E-state index contributed by atoms with van der Waals surface area (Å²) in [4.78, 5) is 24.8. The molecule has 28 heavy (non-hydrogen) atoms. The fourth-order valence-corrected chi connectivity index (χ4v) is 3.43. The lowest BCUT2D eigenvalue weighted by Crippen LogP contribution is -2.21. The molecule has 0 atom stereocenters. The van der Waals surface area contributed by atoms with Gasteiger partial charge in [-0.25, -0.2) is 4.68 Å². The van der Waals surface area contributed by atoms with Gasteiger partial charge in [-0.1, -0.05) is 12.8 Å². The summed E-state index contributed by atoms with van der Waals surface area (Å²) < 4.78 is 3.26. The number of anilines is 2. The number of benzene rings is 1. The number of amides is 2. The van der Waals surface area contributed by atoms with Crippen molar-refractivity contribution in [1.82, 2.24) is 19.6 Å². The van der Waals surface area contributed by atoms with Gasteiger partial charge >= 0.3 is 0 Å². The average molecular weight is 378 g/mol. The lowest BCUT2D eigenvalue weighted by Gasteiger charge is -2.09. The first kappa shape index (κ1) is 18.0. The van der Waals surface area contributed by atoms with Gasteiger partial charge in [0.25, 0.3) is 5.91 Å². The average Bonchev–Trinajstić information content (AvgIpc) is 3.45. The Bertz CT molecular complexity index is 969. The van der Waals surface area contributed by atoms with E-state index in [-0.39, 0.29) is 23.4 Å². The first-order chi connectivity index (χ1) is 13.6. The molecule has 144 valence electrons. The van der Waals surface area contributed by atoms with Crippen molar-refractivity contribution in [2.45, 2.75) is 25.7 Å². The molecule has 2 aromatic heterocycles. The van der Waals surface area contributed by atoms with Gasteiger partial charge in [0, 0.05) is 37.1 Å². The number of hydrogen-bond acceptors (Lipinski definition) is 4. The fourth-order valence-electron chi connectivity index (χ4n) is 3.43. The highest BCUT2D eigenvalue weighted by atomic mass is 16.2. The highest BCUT2D eigenvalue weighted by Crippen LogP contribution is 2.26. The summed E-state index contributed by atoms with van der Waals surface area (Å²) in [7, 11) is 1.71. The zero-order valence-electron chi connectivity index (χ0n) is 15.6. The smallest absolute Gasteiger partial charge is 0.276 e. The Kier molecular flexibility index (Phi) is 4.92. The summed E-state index contributed by atoms with van der Waals surface area (Å²) in [6.45, 7) is 0. The van der Waals surface area contributed by atoms with Crippen LogP contribution >= 0.6 is 0 Å². The van der Waals surface area contributed by atoms with Crippen LogP contribution < -0.4 is 10.6 Å². The van der Waals surface area contributed by atoms with Crippen molar-refractivity contribution in [3.05, 3.63) is 54.5 Å². The van der Waals surface area contributed by atoms with Gasteiger partial charge in [-0.2, -0.15) is 10.2 Å². The number of carbonyl (C=O) groups excluding carboxylic acids is 2. The van der Waals surface area contributed by atoms with Gasteiger partial charge in [-0.05, 0) is 43.2 Å². The Balaban J connectivity index is 1.41. The molecular weight excluding hydrogens is 356 g/mol. The van der Waals surface area contributed by atoms with Gasteiger partial charge in [0.05, 0.1) is 5.69 Å². The van der Waals surface area contributed by atoms with Crippen LogP contribution in [-0.2, 0) is 11.8 Å². The molecule has 0 aliphatic heterocycles. The monoisotopic (exact) mass is 378 g/mol. The summed E-state index contributed by atoms with van der Waals surface area (Å²) in [5, 5.41) is 14.1. The first-order valence-electron chi connectivity index (χ1n) is 9.36. The SMILES string of the molecule is Cn1nc(C(=O)Nc2ccc(-n3cccn3)cc2)cc1NC(=O)C1CCCC1. The number of carbonyl (C=O) groups is 2. The second kappa shape index (κ2) is 7.67. The van der Waals surface area contributed by atoms with Crippen molar-refractivity contribution in [1.29, 1.82) is 0 Å². The minimum atomic E-state index is -0.330. The standard InChI is InChI=1S/C20H22N6O2/c1-25-18(23-19(27)14-5-2-3-6-14)13-17(24-25)20(28)22-15-7-9-16(10-8-15)26-12-4-11-21-26/h4,7-14H,2-3,5-6H2,1H3,(H,22,28)(H,23,27). The van der Waals surface area contributed by atoms with Crippen molar-refractivity contribution in [3.8, 4) is 5.69 Å². The molecule has 0 bridgehead atoms. The molecule has 1 saturated carbocycles. The third-order valence-corrected chi connectivity index (χ3v) is 4.98. The van der Waals surface area contributed by atoms with E-state index in [0.717, 1.165) is 31.4 Å². The van der Waals surface area contributed by atoms with E-state index >= 15 is 0 Å². The minimum Gasteiger partial charge on any atom is -0.321 e. The molecule has 2 N–H and O–H groups in total. The van der Waals surface area contributed by atoms with Crippen LogP contribution in [0.5, 0.6) is 0 Å². The van der Waals surface area contributed by atoms with E-state index in [1.54, 1.807) is 36.1 Å². The summed E-state index contributed by atoms with van der Waals surface area (Å²) in [6.07, 6.45) is 7.59. The molecule has 1 fully saturated rings.